The zero-order chi connectivity index (χ0) is 18.9. The van der Waals surface area contributed by atoms with Crippen molar-refractivity contribution in [3.8, 4) is 5.75 Å². The molecule has 1 aliphatic rings. The largest absolute Gasteiger partial charge is 1.00 e. The molecule has 0 atom stereocenters. The SMILES string of the molecule is O=P([O-])([O-])OC(Oc1ccccc1)=C1c2ccccc2Sc2ccccc21.[Na+].[Na+]. The number of benzene rings is 3. The molecule has 0 saturated carbocycles. The third kappa shape index (κ3) is 6.02. The van der Waals surface area contributed by atoms with Gasteiger partial charge in [-0.15, -0.1) is 0 Å². The quantitative estimate of drug-likeness (QED) is 0.203. The number of fused-ring (bicyclic) bond motifs is 2. The van der Waals surface area contributed by atoms with Crippen LogP contribution in [0.3, 0.4) is 0 Å². The number of rotatable bonds is 4. The number of phosphoric acid groups is 1. The number of hydrogen-bond donors (Lipinski definition) is 0. The molecule has 1 heterocycles. The van der Waals surface area contributed by atoms with Gasteiger partial charge in [-0.1, -0.05) is 66.4 Å². The molecular weight excluding hydrogens is 429 g/mol. The predicted octanol–water partition coefficient (Wildman–Crippen LogP) is -2.20. The summed E-state index contributed by atoms with van der Waals surface area (Å²) in [5.41, 5.74) is 1.90. The molecule has 3 aromatic rings. The summed E-state index contributed by atoms with van der Waals surface area (Å²) >= 11 is 1.56. The van der Waals surface area contributed by atoms with Gasteiger partial charge in [0.25, 0.3) is 5.95 Å². The zero-order valence-corrected chi connectivity index (χ0v) is 21.6. The van der Waals surface area contributed by atoms with Crippen molar-refractivity contribution in [2.45, 2.75) is 9.79 Å². The molecule has 0 bridgehead atoms. The van der Waals surface area contributed by atoms with Gasteiger partial charge < -0.3 is 23.6 Å². The van der Waals surface area contributed by atoms with Crippen molar-refractivity contribution in [3.05, 3.63) is 95.9 Å². The number of ether oxygens (including phenoxy) is 1. The molecule has 0 amide bonds. The van der Waals surface area contributed by atoms with Gasteiger partial charge in [-0.05, 0) is 24.3 Å². The summed E-state index contributed by atoms with van der Waals surface area (Å²) < 4.78 is 21.9. The molecule has 29 heavy (non-hydrogen) atoms. The molecule has 0 N–H and O–H groups in total. The zero-order valence-electron chi connectivity index (χ0n) is 15.9. The van der Waals surface area contributed by atoms with E-state index >= 15 is 0 Å². The van der Waals surface area contributed by atoms with E-state index in [1.807, 2.05) is 48.5 Å². The Labute approximate surface area is 217 Å². The number of phosphoric ester groups is 1. The fourth-order valence-electron chi connectivity index (χ4n) is 2.82. The minimum atomic E-state index is -5.34. The molecule has 0 aliphatic carbocycles. The van der Waals surface area contributed by atoms with Crippen LogP contribution in [0.5, 0.6) is 5.75 Å². The van der Waals surface area contributed by atoms with Crippen LogP contribution in [-0.4, -0.2) is 0 Å². The monoisotopic (exact) mass is 442 g/mol. The van der Waals surface area contributed by atoms with Crippen molar-refractivity contribution >= 4 is 25.2 Å². The van der Waals surface area contributed by atoms with Crippen molar-refractivity contribution in [1.82, 2.24) is 0 Å². The van der Waals surface area contributed by atoms with E-state index in [0.29, 0.717) is 11.3 Å². The van der Waals surface area contributed by atoms with Crippen molar-refractivity contribution in [2.24, 2.45) is 0 Å². The molecular formula is C20H13Na2O5PS. The Morgan fingerprint density at radius 2 is 1.24 bits per heavy atom. The fourth-order valence-corrected chi connectivity index (χ4v) is 4.24. The van der Waals surface area contributed by atoms with E-state index in [-0.39, 0.29) is 65.1 Å². The van der Waals surface area contributed by atoms with Crippen LogP contribution in [0.2, 0.25) is 0 Å². The van der Waals surface area contributed by atoms with Crippen molar-refractivity contribution < 1.29 is 82.7 Å². The van der Waals surface area contributed by atoms with Crippen LogP contribution in [0.15, 0.2) is 94.6 Å². The number of para-hydroxylation sites is 1. The second kappa shape index (κ2) is 10.7. The summed E-state index contributed by atoms with van der Waals surface area (Å²) in [6, 6.07) is 23.6. The Morgan fingerprint density at radius 1 is 0.759 bits per heavy atom. The van der Waals surface area contributed by atoms with Crippen LogP contribution < -0.4 is 73.6 Å². The van der Waals surface area contributed by atoms with Gasteiger partial charge in [0.1, 0.15) is 13.6 Å². The van der Waals surface area contributed by atoms with Gasteiger partial charge in [0.05, 0.1) is 5.57 Å². The van der Waals surface area contributed by atoms with E-state index in [9.17, 15) is 14.4 Å². The molecule has 4 rings (SSSR count). The minimum absolute atomic E-state index is 0. The van der Waals surface area contributed by atoms with E-state index in [4.69, 9.17) is 9.26 Å². The van der Waals surface area contributed by atoms with Crippen LogP contribution in [0.1, 0.15) is 11.1 Å². The molecule has 0 radical (unpaired) electrons. The van der Waals surface area contributed by atoms with E-state index in [1.54, 1.807) is 42.1 Å². The van der Waals surface area contributed by atoms with Gasteiger partial charge in [0.2, 0.25) is 0 Å². The van der Waals surface area contributed by atoms with E-state index in [1.165, 1.54) is 0 Å². The first-order valence-corrected chi connectivity index (χ1v) is 10.3. The molecule has 0 fully saturated rings. The van der Waals surface area contributed by atoms with Crippen molar-refractivity contribution in [1.29, 1.82) is 0 Å². The molecule has 3 aromatic carbocycles. The van der Waals surface area contributed by atoms with Gasteiger partial charge in [-0.3, -0.25) is 0 Å². The third-order valence-electron chi connectivity index (χ3n) is 3.89. The average molecular weight is 442 g/mol. The summed E-state index contributed by atoms with van der Waals surface area (Å²) in [6.07, 6.45) is 0. The Balaban J connectivity index is 0.00000150. The summed E-state index contributed by atoms with van der Waals surface area (Å²) in [4.78, 5) is 24.7. The second-order valence-electron chi connectivity index (χ2n) is 5.71. The molecule has 0 saturated heterocycles. The maximum absolute atomic E-state index is 11.4. The van der Waals surface area contributed by atoms with Crippen molar-refractivity contribution in [3.63, 3.8) is 0 Å². The third-order valence-corrected chi connectivity index (χ3v) is 5.43. The van der Waals surface area contributed by atoms with E-state index < -0.39 is 7.82 Å². The van der Waals surface area contributed by atoms with Gasteiger partial charge in [0.15, 0.2) is 0 Å². The van der Waals surface area contributed by atoms with E-state index in [0.717, 1.165) is 20.9 Å². The molecule has 0 unspecified atom stereocenters. The van der Waals surface area contributed by atoms with Crippen LogP contribution in [0.4, 0.5) is 0 Å². The standard InChI is InChI=1S/C20H15O5PS.2Na/c21-26(22,23)25-20(24-14-8-2-1-3-9-14)19-15-10-4-6-12-17(15)27-18-13-7-5-11-16(18)19;;/h1-13H,(H2,21,22,23);;/q;2*+1/p-2. The number of hydrogen-bond acceptors (Lipinski definition) is 6. The maximum Gasteiger partial charge on any atom is 1.00 e. The Morgan fingerprint density at radius 3 is 1.76 bits per heavy atom. The summed E-state index contributed by atoms with van der Waals surface area (Å²) in [5, 5.41) is 0. The minimum Gasteiger partial charge on any atom is -0.780 e. The molecule has 0 spiro atoms. The molecule has 136 valence electrons. The summed E-state index contributed by atoms with van der Waals surface area (Å²) in [7, 11) is -5.34. The first kappa shape index (κ1) is 24.8. The van der Waals surface area contributed by atoms with Gasteiger partial charge in [-0.25, -0.2) is 0 Å². The van der Waals surface area contributed by atoms with Crippen LogP contribution in [-0.2, 0) is 9.09 Å². The Kier molecular flexibility index (Phi) is 9.13. The fraction of sp³-hybridized carbons (Fsp3) is 0. The smallest absolute Gasteiger partial charge is 0.780 e. The molecule has 5 nitrogen and oxygen atoms in total. The second-order valence-corrected chi connectivity index (χ2v) is 7.87. The van der Waals surface area contributed by atoms with Gasteiger partial charge >= 0.3 is 59.1 Å². The van der Waals surface area contributed by atoms with Crippen LogP contribution in [0.25, 0.3) is 5.57 Å². The topological polar surface area (TPSA) is 81.7 Å². The maximum atomic E-state index is 11.4. The normalized spacial score (nSPS) is 11.9. The van der Waals surface area contributed by atoms with Crippen molar-refractivity contribution in [2.75, 3.05) is 0 Å². The summed E-state index contributed by atoms with van der Waals surface area (Å²) in [5.74, 6) is 0.0105. The van der Waals surface area contributed by atoms with Crippen LogP contribution in [0, 0.1) is 0 Å². The Hall–Kier alpha value is -0.500. The van der Waals surface area contributed by atoms with Crippen LogP contribution >= 0.6 is 19.6 Å². The molecule has 9 heteroatoms. The first-order chi connectivity index (χ1) is 13.0. The van der Waals surface area contributed by atoms with Gasteiger partial charge in [0, 0.05) is 20.9 Å². The summed E-state index contributed by atoms with van der Waals surface area (Å²) in [6.45, 7) is 0. The first-order valence-electron chi connectivity index (χ1n) is 8.07. The van der Waals surface area contributed by atoms with Gasteiger partial charge in [-0.2, -0.15) is 0 Å². The van der Waals surface area contributed by atoms with E-state index in [2.05, 4.69) is 0 Å². The predicted molar refractivity (Wildman–Crippen MR) is 98.8 cm³/mol. The molecule has 0 aromatic heterocycles. The molecule has 1 aliphatic heterocycles. The Bertz CT molecular complexity index is 1020. The average Bonchev–Trinajstić information content (AvgIpc) is 2.65.